The molecule has 5 heteroatoms. The van der Waals surface area contributed by atoms with E-state index in [-0.39, 0.29) is 11.9 Å². The summed E-state index contributed by atoms with van der Waals surface area (Å²) in [5.41, 5.74) is 4.29. The third-order valence-corrected chi connectivity index (χ3v) is 6.13. The number of amides is 1. The number of piperidine rings is 1. The molecule has 0 bridgehead atoms. The Bertz CT molecular complexity index is 1090. The largest absolute Gasteiger partial charge is 0.305 e. The highest BCUT2D eigenvalue weighted by Crippen LogP contribution is 2.27. The van der Waals surface area contributed by atoms with E-state index in [1.807, 2.05) is 67.3 Å². The maximum atomic E-state index is 14.1. The van der Waals surface area contributed by atoms with Crippen LogP contribution in [0.1, 0.15) is 39.9 Å². The zero-order valence-electron chi connectivity index (χ0n) is 18.5. The number of carbonyl (C=O) groups excluding carboxylic acids is 1. The average molecular weight is 435 g/mol. The van der Waals surface area contributed by atoms with E-state index in [4.69, 9.17) is 0 Å². The first-order chi connectivity index (χ1) is 15.4. The van der Waals surface area contributed by atoms with Crippen LogP contribution in [0.25, 0.3) is 0 Å². The molecule has 0 N–H and O–H groups in total. The molecule has 3 aromatic carbocycles. The van der Waals surface area contributed by atoms with E-state index in [0.717, 1.165) is 48.8 Å². The van der Waals surface area contributed by atoms with Gasteiger partial charge in [-0.1, -0.05) is 35.9 Å². The van der Waals surface area contributed by atoms with E-state index in [2.05, 4.69) is 4.90 Å². The highest BCUT2D eigenvalue weighted by molar-refractivity contribution is 6.06. The Labute approximate surface area is 188 Å². The van der Waals surface area contributed by atoms with Crippen molar-refractivity contribution in [1.82, 2.24) is 4.90 Å². The molecule has 3 aromatic rings. The first-order valence-electron chi connectivity index (χ1n) is 11.0. The van der Waals surface area contributed by atoms with E-state index in [0.29, 0.717) is 17.7 Å². The molecule has 0 saturated carbocycles. The molecule has 1 aliphatic rings. The minimum Gasteiger partial charge on any atom is -0.305 e. The Hall–Kier alpha value is -3.05. The lowest BCUT2D eigenvalue weighted by molar-refractivity contribution is 0.0958. The lowest BCUT2D eigenvalue weighted by atomic mass is 9.99. The van der Waals surface area contributed by atoms with E-state index in [1.165, 1.54) is 12.1 Å². The fraction of sp³-hybridized carbons (Fsp3) is 0.296. The summed E-state index contributed by atoms with van der Waals surface area (Å²) < 4.78 is 27.3. The van der Waals surface area contributed by atoms with Gasteiger partial charge in [-0.2, -0.15) is 0 Å². The predicted octanol–water partition coefficient (Wildman–Crippen LogP) is 5.89. The number of likely N-dealkylation sites (tertiary alicyclic amines) is 1. The van der Waals surface area contributed by atoms with Gasteiger partial charge in [0.1, 0.15) is 11.6 Å². The van der Waals surface area contributed by atoms with E-state index in [9.17, 15) is 13.6 Å². The number of aryl methyl sites for hydroxylation is 2. The summed E-state index contributed by atoms with van der Waals surface area (Å²) in [6.07, 6.45) is 1.57. The predicted molar refractivity (Wildman–Crippen MR) is 124 cm³/mol. The van der Waals surface area contributed by atoms with Crippen LogP contribution in [-0.4, -0.2) is 29.9 Å². The second-order valence-electron chi connectivity index (χ2n) is 8.62. The van der Waals surface area contributed by atoms with Crippen molar-refractivity contribution in [3.05, 3.63) is 101 Å². The van der Waals surface area contributed by atoms with E-state index < -0.39 is 11.6 Å². The Morgan fingerprint density at radius 2 is 1.66 bits per heavy atom. The van der Waals surface area contributed by atoms with Gasteiger partial charge < -0.3 is 4.90 Å². The first kappa shape index (κ1) is 22.2. The quantitative estimate of drug-likeness (QED) is 0.500. The SMILES string of the molecule is Cc1ccc(C(=O)N(c2cccc(C)c2)C2CCN(Cc3ccc(F)cc3F)CC2)cc1. The van der Waals surface area contributed by atoms with Crippen molar-refractivity contribution in [1.29, 1.82) is 0 Å². The number of hydrogen-bond donors (Lipinski definition) is 0. The second-order valence-corrected chi connectivity index (χ2v) is 8.62. The number of rotatable bonds is 5. The third kappa shape index (κ3) is 5.05. The summed E-state index contributed by atoms with van der Waals surface area (Å²) in [6.45, 7) is 5.95. The lowest BCUT2D eigenvalue weighted by Crippen LogP contribution is -2.47. The van der Waals surface area contributed by atoms with Crippen molar-refractivity contribution in [2.75, 3.05) is 18.0 Å². The molecule has 0 aliphatic carbocycles. The highest BCUT2D eigenvalue weighted by Gasteiger charge is 2.30. The van der Waals surface area contributed by atoms with Gasteiger partial charge in [-0.15, -0.1) is 0 Å². The van der Waals surface area contributed by atoms with E-state index in [1.54, 1.807) is 0 Å². The van der Waals surface area contributed by atoms with Crippen molar-refractivity contribution in [2.24, 2.45) is 0 Å². The molecular formula is C27H28F2N2O. The first-order valence-corrected chi connectivity index (χ1v) is 11.0. The van der Waals surface area contributed by atoms with Gasteiger partial charge >= 0.3 is 0 Å². The minimum atomic E-state index is -0.562. The molecule has 1 aliphatic heterocycles. The van der Waals surface area contributed by atoms with Crippen LogP contribution < -0.4 is 4.90 Å². The van der Waals surface area contributed by atoms with Gasteiger partial charge in [0, 0.05) is 48.6 Å². The van der Waals surface area contributed by atoms with Crippen molar-refractivity contribution < 1.29 is 13.6 Å². The molecule has 166 valence electrons. The third-order valence-electron chi connectivity index (χ3n) is 6.13. The van der Waals surface area contributed by atoms with Gasteiger partial charge in [-0.25, -0.2) is 8.78 Å². The molecule has 0 spiro atoms. The molecule has 1 saturated heterocycles. The van der Waals surface area contributed by atoms with Crippen LogP contribution in [0.3, 0.4) is 0 Å². The number of anilines is 1. The monoisotopic (exact) mass is 434 g/mol. The number of halogens is 2. The van der Waals surface area contributed by atoms with Crippen LogP contribution >= 0.6 is 0 Å². The van der Waals surface area contributed by atoms with Crippen molar-refractivity contribution in [3.8, 4) is 0 Å². The zero-order valence-corrected chi connectivity index (χ0v) is 18.5. The summed E-state index contributed by atoms with van der Waals surface area (Å²) in [4.78, 5) is 17.6. The zero-order chi connectivity index (χ0) is 22.7. The van der Waals surface area contributed by atoms with Crippen molar-refractivity contribution in [2.45, 2.75) is 39.3 Å². The van der Waals surface area contributed by atoms with Crippen LogP contribution in [0, 0.1) is 25.5 Å². The van der Waals surface area contributed by atoms with Crippen LogP contribution in [-0.2, 0) is 6.54 Å². The standard InChI is InChI=1S/C27H28F2N2O/c1-19-6-8-21(9-7-19)27(32)31(25-5-3-4-20(2)16-25)24-12-14-30(15-13-24)18-22-10-11-23(28)17-26(22)29/h3-11,16-17,24H,12-15,18H2,1-2H3. The van der Waals surface area contributed by atoms with Crippen LogP contribution in [0.4, 0.5) is 14.5 Å². The van der Waals surface area contributed by atoms with Gasteiger partial charge in [0.2, 0.25) is 0 Å². The fourth-order valence-corrected chi connectivity index (χ4v) is 4.33. The number of hydrogen-bond acceptors (Lipinski definition) is 2. The normalized spacial score (nSPS) is 15.0. The van der Waals surface area contributed by atoms with Gasteiger partial charge in [-0.05, 0) is 62.6 Å². The Kier molecular flexibility index (Phi) is 6.66. The minimum absolute atomic E-state index is 0.00127. The van der Waals surface area contributed by atoms with Gasteiger partial charge in [0.25, 0.3) is 5.91 Å². The number of nitrogens with zero attached hydrogens (tertiary/aromatic N) is 2. The molecular weight excluding hydrogens is 406 g/mol. The summed E-state index contributed by atoms with van der Waals surface area (Å²) >= 11 is 0. The summed E-state index contributed by atoms with van der Waals surface area (Å²) in [5, 5.41) is 0. The van der Waals surface area contributed by atoms with Crippen LogP contribution in [0.2, 0.25) is 0 Å². The summed E-state index contributed by atoms with van der Waals surface area (Å²) in [7, 11) is 0. The number of benzene rings is 3. The topological polar surface area (TPSA) is 23.6 Å². The van der Waals surface area contributed by atoms with Crippen molar-refractivity contribution >= 4 is 11.6 Å². The molecule has 1 amide bonds. The molecule has 32 heavy (non-hydrogen) atoms. The summed E-state index contributed by atoms with van der Waals surface area (Å²) in [5.74, 6) is -1.07. The van der Waals surface area contributed by atoms with Crippen molar-refractivity contribution in [3.63, 3.8) is 0 Å². The van der Waals surface area contributed by atoms with Crippen LogP contribution in [0.5, 0.6) is 0 Å². The van der Waals surface area contributed by atoms with Crippen LogP contribution in [0.15, 0.2) is 66.7 Å². The highest BCUT2D eigenvalue weighted by atomic mass is 19.1. The maximum Gasteiger partial charge on any atom is 0.258 e. The molecule has 1 fully saturated rings. The second kappa shape index (κ2) is 9.61. The van der Waals surface area contributed by atoms with Gasteiger partial charge in [-0.3, -0.25) is 9.69 Å². The molecule has 0 atom stereocenters. The molecule has 1 heterocycles. The molecule has 0 unspecified atom stereocenters. The number of carbonyl (C=O) groups is 1. The Morgan fingerprint density at radius 1 is 0.938 bits per heavy atom. The Morgan fingerprint density at radius 3 is 2.31 bits per heavy atom. The average Bonchev–Trinajstić information content (AvgIpc) is 2.77. The molecule has 0 radical (unpaired) electrons. The van der Waals surface area contributed by atoms with Gasteiger partial charge in [0.15, 0.2) is 0 Å². The smallest absolute Gasteiger partial charge is 0.258 e. The maximum absolute atomic E-state index is 14.1. The molecule has 0 aromatic heterocycles. The lowest BCUT2D eigenvalue weighted by Gasteiger charge is -2.39. The summed E-state index contributed by atoms with van der Waals surface area (Å²) in [6, 6.07) is 19.5. The van der Waals surface area contributed by atoms with E-state index >= 15 is 0 Å². The molecule has 3 nitrogen and oxygen atoms in total. The Balaban J connectivity index is 1.52. The van der Waals surface area contributed by atoms with Gasteiger partial charge in [0.05, 0.1) is 0 Å². The molecule has 4 rings (SSSR count). The fourth-order valence-electron chi connectivity index (χ4n) is 4.33.